The first-order valence-electron chi connectivity index (χ1n) is 8.20. The molecular weight excluding hydrogens is 246 g/mol. The van der Waals surface area contributed by atoms with E-state index in [1.54, 1.807) is 5.57 Å². The summed E-state index contributed by atoms with van der Waals surface area (Å²) < 4.78 is 0. The van der Waals surface area contributed by atoms with Crippen molar-refractivity contribution in [3.63, 3.8) is 0 Å². The minimum Gasteiger partial charge on any atom is -0.370 e. The van der Waals surface area contributed by atoms with E-state index < -0.39 is 0 Å². The van der Waals surface area contributed by atoms with E-state index in [0.29, 0.717) is 17.9 Å². The highest BCUT2D eigenvalue weighted by Crippen LogP contribution is 2.48. The Morgan fingerprint density at radius 3 is 3.00 bits per heavy atom. The second-order valence-electron chi connectivity index (χ2n) is 6.61. The summed E-state index contributed by atoms with van der Waals surface area (Å²) in [4.78, 5) is 4.60. The molecule has 3 aliphatic rings. The van der Waals surface area contributed by atoms with Gasteiger partial charge in [0.1, 0.15) is 0 Å². The normalized spacial score (nSPS) is 36.0. The van der Waals surface area contributed by atoms with E-state index in [1.807, 2.05) is 0 Å². The van der Waals surface area contributed by atoms with Gasteiger partial charge in [-0.15, -0.1) is 0 Å². The van der Waals surface area contributed by atoms with Crippen LogP contribution in [0.3, 0.4) is 0 Å². The van der Waals surface area contributed by atoms with Crippen molar-refractivity contribution in [1.82, 2.24) is 5.32 Å². The third kappa shape index (κ3) is 2.38. The van der Waals surface area contributed by atoms with Crippen molar-refractivity contribution in [3.8, 4) is 0 Å². The number of unbranched alkanes of at least 4 members (excludes halogenated alkanes) is 1. The van der Waals surface area contributed by atoms with Gasteiger partial charge in [-0.25, -0.2) is 4.99 Å². The molecule has 0 saturated heterocycles. The molecule has 3 nitrogen and oxygen atoms in total. The van der Waals surface area contributed by atoms with Crippen molar-refractivity contribution in [1.29, 1.82) is 0 Å². The zero-order chi connectivity index (χ0) is 14.1. The van der Waals surface area contributed by atoms with Gasteiger partial charge < -0.3 is 11.1 Å². The summed E-state index contributed by atoms with van der Waals surface area (Å²) in [7, 11) is 0. The van der Waals surface area contributed by atoms with Crippen molar-refractivity contribution in [3.05, 3.63) is 23.4 Å². The van der Waals surface area contributed by atoms with E-state index in [0.717, 1.165) is 18.3 Å². The Balaban J connectivity index is 1.82. The van der Waals surface area contributed by atoms with E-state index >= 15 is 0 Å². The SMILES string of the molecule is CCCC=CCC1C2=C3C(CCC3N=C(N)N2)CC1C. The Morgan fingerprint density at radius 1 is 1.35 bits per heavy atom. The molecule has 1 fully saturated rings. The van der Waals surface area contributed by atoms with Crippen LogP contribution in [0.15, 0.2) is 28.4 Å². The van der Waals surface area contributed by atoms with Gasteiger partial charge in [0.25, 0.3) is 0 Å². The topological polar surface area (TPSA) is 50.4 Å². The molecule has 110 valence electrons. The van der Waals surface area contributed by atoms with Crippen LogP contribution in [0.4, 0.5) is 0 Å². The summed E-state index contributed by atoms with van der Waals surface area (Å²) in [5, 5.41) is 3.41. The number of rotatable bonds is 4. The summed E-state index contributed by atoms with van der Waals surface area (Å²) in [6.07, 6.45) is 12.1. The molecule has 0 bridgehead atoms. The van der Waals surface area contributed by atoms with Crippen LogP contribution in [0.2, 0.25) is 0 Å². The lowest BCUT2D eigenvalue weighted by molar-refractivity contribution is 0.300. The fourth-order valence-electron chi connectivity index (χ4n) is 4.21. The standard InChI is InChI=1S/C17H27N3/c1-3-4-5-6-7-13-11(2)10-12-8-9-14-15(12)16(13)20-17(18)19-14/h5-6,11-14H,3-4,7-10H2,1-2H3,(H3,18,19,20). The molecule has 3 heteroatoms. The number of nitrogens with one attached hydrogen (secondary N) is 1. The van der Waals surface area contributed by atoms with Gasteiger partial charge in [0.05, 0.1) is 6.04 Å². The zero-order valence-corrected chi connectivity index (χ0v) is 12.7. The Kier molecular flexibility index (Phi) is 3.86. The molecule has 0 spiro atoms. The first kappa shape index (κ1) is 13.7. The van der Waals surface area contributed by atoms with E-state index in [9.17, 15) is 0 Å². The molecule has 4 atom stereocenters. The van der Waals surface area contributed by atoms with Crippen LogP contribution in [0, 0.1) is 17.8 Å². The van der Waals surface area contributed by atoms with Crippen LogP contribution < -0.4 is 11.1 Å². The monoisotopic (exact) mass is 273 g/mol. The zero-order valence-electron chi connectivity index (χ0n) is 12.7. The maximum Gasteiger partial charge on any atom is 0.193 e. The second kappa shape index (κ2) is 5.63. The van der Waals surface area contributed by atoms with Gasteiger partial charge in [-0.05, 0) is 49.5 Å². The number of hydrogen-bond acceptors (Lipinski definition) is 3. The molecule has 3 N–H and O–H groups in total. The molecule has 0 aromatic carbocycles. The summed E-state index contributed by atoms with van der Waals surface area (Å²) in [5.41, 5.74) is 9.01. The molecule has 0 aromatic rings. The Morgan fingerprint density at radius 2 is 2.20 bits per heavy atom. The van der Waals surface area contributed by atoms with Crippen molar-refractivity contribution < 1.29 is 0 Å². The smallest absolute Gasteiger partial charge is 0.193 e. The summed E-state index contributed by atoms with van der Waals surface area (Å²) >= 11 is 0. The molecule has 1 heterocycles. The number of aliphatic imine (C=N–C) groups is 1. The molecule has 0 aromatic heterocycles. The molecule has 20 heavy (non-hydrogen) atoms. The highest BCUT2D eigenvalue weighted by molar-refractivity contribution is 5.82. The lowest BCUT2D eigenvalue weighted by Gasteiger charge is -2.38. The Hall–Kier alpha value is -1.25. The molecular formula is C17H27N3. The average molecular weight is 273 g/mol. The van der Waals surface area contributed by atoms with Gasteiger partial charge >= 0.3 is 0 Å². The molecule has 0 radical (unpaired) electrons. The number of guanidine groups is 1. The maximum atomic E-state index is 6.00. The predicted octanol–water partition coefficient (Wildman–Crippen LogP) is 3.34. The van der Waals surface area contributed by atoms with Crippen LogP contribution >= 0.6 is 0 Å². The van der Waals surface area contributed by atoms with Gasteiger partial charge in [0.2, 0.25) is 0 Å². The van der Waals surface area contributed by atoms with Crippen molar-refractivity contribution in [2.75, 3.05) is 0 Å². The number of hydrogen-bond donors (Lipinski definition) is 2. The lowest BCUT2D eigenvalue weighted by atomic mass is 9.72. The second-order valence-corrected chi connectivity index (χ2v) is 6.61. The van der Waals surface area contributed by atoms with Crippen LogP contribution in [0.5, 0.6) is 0 Å². The van der Waals surface area contributed by atoms with Crippen LogP contribution in [0.25, 0.3) is 0 Å². The average Bonchev–Trinajstić information content (AvgIpc) is 2.80. The summed E-state index contributed by atoms with van der Waals surface area (Å²) in [6, 6.07) is 0.380. The third-order valence-corrected chi connectivity index (χ3v) is 5.18. The molecule has 0 amide bonds. The van der Waals surface area contributed by atoms with Crippen LogP contribution in [-0.2, 0) is 0 Å². The quantitative estimate of drug-likeness (QED) is 0.772. The van der Waals surface area contributed by atoms with Gasteiger partial charge in [0, 0.05) is 11.6 Å². The summed E-state index contributed by atoms with van der Waals surface area (Å²) in [5.74, 6) is 2.72. The fourth-order valence-corrected chi connectivity index (χ4v) is 4.21. The fraction of sp³-hybridized carbons (Fsp3) is 0.706. The Labute approximate surface area is 122 Å². The predicted molar refractivity (Wildman–Crippen MR) is 84.2 cm³/mol. The largest absolute Gasteiger partial charge is 0.370 e. The van der Waals surface area contributed by atoms with Crippen molar-refractivity contribution in [2.24, 2.45) is 28.5 Å². The van der Waals surface area contributed by atoms with E-state index in [-0.39, 0.29) is 0 Å². The minimum atomic E-state index is 0.380. The van der Waals surface area contributed by atoms with Gasteiger partial charge in [0.15, 0.2) is 5.96 Å². The lowest BCUT2D eigenvalue weighted by Crippen LogP contribution is -2.43. The first-order valence-corrected chi connectivity index (χ1v) is 8.20. The molecule has 3 rings (SSSR count). The number of nitrogens with zero attached hydrogens (tertiary/aromatic N) is 1. The molecule has 4 unspecified atom stereocenters. The summed E-state index contributed by atoms with van der Waals surface area (Å²) in [6.45, 7) is 4.63. The Bertz CT molecular complexity index is 461. The maximum absolute atomic E-state index is 6.00. The minimum absolute atomic E-state index is 0.380. The van der Waals surface area contributed by atoms with Gasteiger partial charge in [-0.3, -0.25) is 0 Å². The van der Waals surface area contributed by atoms with E-state index in [1.165, 1.54) is 37.8 Å². The van der Waals surface area contributed by atoms with Gasteiger partial charge in [-0.1, -0.05) is 32.4 Å². The highest BCUT2D eigenvalue weighted by atomic mass is 15.1. The first-order chi connectivity index (χ1) is 9.70. The molecule has 1 saturated carbocycles. The van der Waals surface area contributed by atoms with E-state index in [4.69, 9.17) is 5.73 Å². The van der Waals surface area contributed by atoms with Crippen molar-refractivity contribution >= 4 is 5.96 Å². The highest BCUT2D eigenvalue weighted by Gasteiger charge is 2.42. The number of nitrogens with two attached hydrogens (primary N) is 1. The van der Waals surface area contributed by atoms with E-state index in [2.05, 4.69) is 36.3 Å². The molecule has 2 aliphatic carbocycles. The van der Waals surface area contributed by atoms with Crippen molar-refractivity contribution in [2.45, 2.75) is 58.4 Å². The molecule has 1 aliphatic heterocycles. The van der Waals surface area contributed by atoms with Crippen LogP contribution in [-0.4, -0.2) is 12.0 Å². The number of allylic oxidation sites excluding steroid dienone is 3. The van der Waals surface area contributed by atoms with Gasteiger partial charge in [-0.2, -0.15) is 0 Å². The third-order valence-electron chi connectivity index (χ3n) is 5.18. The van der Waals surface area contributed by atoms with Crippen LogP contribution in [0.1, 0.15) is 52.4 Å².